The van der Waals surface area contributed by atoms with E-state index in [1.54, 1.807) is 0 Å². The van der Waals surface area contributed by atoms with Crippen molar-refractivity contribution in [3.8, 4) is 0 Å². The molecule has 1 atom stereocenters. The standard InChI is InChI=1S/C20H24N2O/c1-5-17-20(23)22(12-16-8-6-13(2)7-9-16)19-11-15(4)14(3)10-18(19)21-17/h6-11,17,21H,5,12H2,1-4H3. The minimum Gasteiger partial charge on any atom is -0.372 e. The number of nitrogens with one attached hydrogen (secondary N) is 1. The minimum atomic E-state index is -0.143. The first-order chi connectivity index (χ1) is 11.0. The normalized spacial score (nSPS) is 17.0. The number of rotatable bonds is 3. The SMILES string of the molecule is CCC1Nc2cc(C)c(C)cc2N(Cc2ccc(C)cc2)C1=O. The number of hydrogen-bond donors (Lipinski definition) is 1. The van der Waals surface area contributed by atoms with Crippen LogP contribution in [0.15, 0.2) is 36.4 Å². The Morgan fingerprint density at radius 3 is 2.35 bits per heavy atom. The van der Waals surface area contributed by atoms with Gasteiger partial charge >= 0.3 is 0 Å². The highest BCUT2D eigenvalue weighted by Crippen LogP contribution is 2.35. The van der Waals surface area contributed by atoms with E-state index in [1.807, 2.05) is 11.8 Å². The average molecular weight is 308 g/mol. The Balaban J connectivity index is 2.01. The van der Waals surface area contributed by atoms with E-state index in [4.69, 9.17) is 0 Å². The van der Waals surface area contributed by atoms with Crippen molar-refractivity contribution in [3.63, 3.8) is 0 Å². The summed E-state index contributed by atoms with van der Waals surface area (Å²) in [5.74, 6) is 0.156. The van der Waals surface area contributed by atoms with Crippen molar-refractivity contribution < 1.29 is 4.79 Å². The number of amides is 1. The zero-order chi connectivity index (χ0) is 16.6. The number of aryl methyl sites for hydroxylation is 3. The Bertz CT molecular complexity index is 734. The fourth-order valence-corrected chi connectivity index (χ4v) is 3.01. The Labute approximate surface area is 138 Å². The second kappa shape index (κ2) is 6.07. The topological polar surface area (TPSA) is 32.3 Å². The summed E-state index contributed by atoms with van der Waals surface area (Å²) < 4.78 is 0. The number of hydrogen-bond acceptors (Lipinski definition) is 2. The summed E-state index contributed by atoms with van der Waals surface area (Å²) in [6.07, 6.45) is 0.787. The third kappa shape index (κ3) is 2.96. The first kappa shape index (κ1) is 15.6. The molecule has 0 aliphatic carbocycles. The smallest absolute Gasteiger partial charge is 0.249 e. The van der Waals surface area contributed by atoms with Gasteiger partial charge in [0.25, 0.3) is 0 Å². The third-order valence-corrected chi connectivity index (χ3v) is 4.67. The van der Waals surface area contributed by atoms with E-state index in [0.717, 1.165) is 23.4 Å². The lowest BCUT2D eigenvalue weighted by Gasteiger charge is -2.35. The summed E-state index contributed by atoms with van der Waals surface area (Å²) in [7, 11) is 0. The van der Waals surface area contributed by atoms with E-state index in [-0.39, 0.29) is 11.9 Å². The average Bonchev–Trinajstić information content (AvgIpc) is 2.54. The lowest BCUT2D eigenvalue weighted by atomic mass is 10.0. The van der Waals surface area contributed by atoms with Crippen LogP contribution >= 0.6 is 0 Å². The molecule has 1 unspecified atom stereocenters. The van der Waals surface area contributed by atoms with Crippen LogP contribution in [0.3, 0.4) is 0 Å². The molecule has 0 fully saturated rings. The molecule has 1 N–H and O–H groups in total. The highest BCUT2D eigenvalue weighted by Gasteiger charge is 2.31. The Hall–Kier alpha value is -2.29. The van der Waals surface area contributed by atoms with Gasteiger partial charge in [0.05, 0.1) is 17.9 Å². The number of nitrogens with zero attached hydrogens (tertiary/aromatic N) is 1. The monoisotopic (exact) mass is 308 g/mol. The Kier molecular flexibility index (Phi) is 4.12. The molecule has 2 aromatic rings. The van der Waals surface area contributed by atoms with Crippen LogP contribution < -0.4 is 10.2 Å². The van der Waals surface area contributed by atoms with E-state index >= 15 is 0 Å². The highest BCUT2D eigenvalue weighted by molar-refractivity contribution is 6.05. The van der Waals surface area contributed by atoms with Crippen LogP contribution in [0.5, 0.6) is 0 Å². The van der Waals surface area contributed by atoms with Crippen LogP contribution in [-0.4, -0.2) is 11.9 Å². The molecule has 0 radical (unpaired) electrons. The summed E-state index contributed by atoms with van der Waals surface area (Å²) in [5.41, 5.74) is 6.90. The van der Waals surface area contributed by atoms with Crippen molar-refractivity contribution in [1.29, 1.82) is 0 Å². The van der Waals surface area contributed by atoms with Crippen molar-refractivity contribution in [2.45, 2.75) is 46.7 Å². The van der Waals surface area contributed by atoms with Gasteiger partial charge in [-0.1, -0.05) is 36.8 Å². The van der Waals surface area contributed by atoms with Crippen molar-refractivity contribution >= 4 is 17.3 Å². The van der Waals surface area contributed by atoms with Gasteiger partial charge < -0.3 is 10.2 Å². The van der Waals surface area contributed by atoms with E-state index in [1.165, 1.54) is 16.7 Å². The van der Waals surface area contributed by atoms with Gasteiger partial charge in [0.2, 0.25) is 5.91 Å². The lowest BCUT2D eigenvalue weighted by molar-refractivity contribution is -0.119. The molecule has 23 heavy (non-hydrogen) atoms. The summed E-state index contributed by atoms with van der Waals surface area (Å²) >= 11 is 0. The van der Waals surface area contributed by atoms with Crippen molar-refractivity contribution in [1.82, 2.24) is 0 Å². The number of carbonyl (C=O) groups is 1. The number of benzene rings is 2. The molecule has 120 valence electrons. The van der Waals surface area contributed by atoms with Crippen LogP contribution in [0, 0.1) is 20.8 Å². The third-order valence-electron chi connectivity index (χ3n) is 4.67. The fourth-order valence-electron chi connectivity index (χ4n) is 3.01. The van der Waals surface area contributed by atoms with Gasteiger partial charge in [-0.15, -0.1) is 0 Å². The van der Waals surface area contributed by atoms with Crippen LogP contribution in [0.25, 0.3) is 0 Å². The van der Waals surface area contributed by atoms with E-state index in [2.05, 4.69) is 62.5 Å². The summed E-state index contributed by atoms with van der Waals surface area (Å²) in [5, 5.41) is 3.40. The van der Waals surface area contributed by atoms with Gasteiger partial charge in [-0.05, 0) is 56.0 Å². The maximum absolute atomic E-state index is 12.9. The van der Waals surface area contributed by atoms with Crippen molar-refractivity contribution in [2.24, 2.45) is 0 Å². The van der Waals surface area contributed by atoms with E-state index in [0.29, 0.717) is 6.54 Å². The number of anilines is 2. The van der Waals surface area contributed by atoms with Crippen molar-refractivity contribution in [2.75, 3.05) is 10.2 Å². The first-order valence-electron chi connectivity index (χ1n) is 8.24. The van der Waals surface area contributed by atoms with Crippen LogP contribution in [-0.2, 0) is 11.3 Å². The second-order valence-electron chi connectivity index (χ2n) is 6.47. The molecule has 3 nitrogen and oxygen atoms in total. The summed E-state index contributed by atoms with van der Waals surface area (Å²) in [4.78, 5) is 14.8. The predicted molar refractivity (Wildman–Crippen MR) is 96.0 cm³/mol. The molecule has 0 saturated carbocycles. The summed E-state index contributed by atoms with van der Waals surface area (Å²) in [6.45, 7) is 8.95. The molecule has 3 rings (SSSR count). The molecule has 0 bridgehead atoms. The minimum absolute atomic E-state index is 0.143. The first-order valence-corrected chi connectivity index (χ1v) is 8.24. The summed E-state index contributed by atoms with van der Waals surface area (Å²) in [6, 6.07) is 12.5. The fraction of sp³-hybridized carbons (Fsp3) is 0.350. The molecular weight excluding hydrogens is 284 g/mol. The lowest BCUT2D eigenvalue weighted by Crippen LogP contribution is -2.46. The largest absolute Gasteiger partial charge is 0.372 e. The molecular formula is C20H24N2O. The molecule has 0 aromatic heterocycles. The highest BCUT2D eigenvalue weighted by atomic mass is 16.2. The van der Waals surface area contributed by atoms with Gasteiger partial charge in [0.15, 0.2) is 0 Å². The van der Waals surface area contributed by atoms with Gasteiger partial charge in [0.1, 0.15) is 6.04 Å². The second-order valence-corrected chi connectivity index (χ2v) is 6.47. The maximum atomic E-state index is 12.9. The molecule has 1 aliphatic heterocycles. The van der Waals surface area contributed by atoms with Gasteiger partial charge in [-0.2, -0.15) is 0 Å². The quantitative estimate of drug-likeness (QED) is 0.914. The van der Waals surface area contributed by atoms with E-state index in [9.17, 15) is 4.79 Å². The Morgan fingerprint density at radius 2 is 1.70 bits per heavy atom. The van der Waals surface area contributed by atoms with Gasteiger partial charge in [-0.25, -0.2) is 0 Å². The van der Waals surface area contributed by atoms with Gasteiger partial charge in [-0.3, -0.25) is 4.79 Å². The zero-order valence-corrected chi connectivity index (χ0v) is 14.3. The number of carbonyl (C=O) groups excluding carboxylic acids is 1. The van der Waals surface area contributed by atoms with Crippen LogP contribution in [0.1, 0.15) is 35.6 Å². The molecule has 2 aromatic carbocycles. The Morgan fingerprint density at radius 1 is 1.04 bits per heavy atom. The zero-order valence-electron chi connectivity index (χ0n) is 14.3. The van der Waals surface area contributed by atoms with Crippen LogP contribution in [0.2, 0.25) is 0 Å². The molecule has 0 spiro atoms. The predicted octanol–water partition coefficient (Wildman–Crippen LogP) is 4.35. The molecule has 1 aliphatic rings. The van der Waals surface area contributed by atoms with Gasteiger partial charge in [0, 0.05) is 0 Å². The van der Waals surface area contributed by atoms with Crippen LogP contribution in [0.4, 0.5) is 11.4 Å². The molecule has 1 heterocycles. The molecule has 1 amide bonds. The maximum Gasteiger partial charge on any atom is 0.249 e. The number of fused-ring (bicyclic) bond motifs is 1. The molecule has 0 saturated heterocycles. The van der Waals surface area contributed by atoms with Crippen molar-refractivity contribution in [3.05, 3.63) is 58.7 Å². The van der Waals surface area contributed by atoms with E-state index < -0.39 is 0 Å². The molecule has 3 heteroatoms.